The minimum atomic E-state index is -1.08. The first-order valence-electron chi connectivity index (χ1n) is 9.77. The molecule has 4 rings (SSSR count). The molecule has 2 aliphatic rings. The highest BCUT2D eigenvalue weighted by Gasteiger charge is 2.43. The Labute approximate surface area is 176 Å². The van der Waals surface area contributed by atoms with Crippen molar-refractivity contribution >= 4 is 23.6 Å². The molecule has 0 aliphatic carbocycles. The number of nitrogens with zero attached hydrogens (tertiary/aromatic N) is 2. The number of rotatable bonds is 4. The van der Waals surface area contributed by atoms with Crippen molar-refractivity contribution < 1.29 is 24.0 Å². The van der Waals surface area contributed by atoms with Crippen molar-refractivity contribution in [3.05, 3.63) is 59.2 Å². The van der Waals surface area contributed by atoms with E-state index in [1.807, 2.05) is 12.3 Å². The molecule has 7 heteroatoms. The maximum atomic E-state index is 8.89. The summed E-state index contributed by atoms with van der Waals surface area (Å²) in [5, 5.41) is 13.4. The highest BCUT2D eigenvalue weighted by molar-refractivity contribution is 6.33. The first kappa shape index (κ1) is 21.5. The van der Waals surface area contributed by atoms with Gasteiger partial charge in [-0.05, 0) is 38.5 Å². The topological polar surface area (TPSA) is 86.0 Å². The second-order valence-electron chi connectivity index (χ2n) is 7.72. The number of hydrogen-bond acceptors (Lipinski definition) is 6. The maximum Gasteiger partial charge on any atom is 0.212 e. The smallest absolute Gasteiger partial charge is 0.212 e. The van der Waals surface area contributed by atoms with Crippen molar-refractivity contribution in [2.75, 3.05) is 13.8 Å². The van der Waals surface area contributed by atoms with Gasteiger partial charge < -0.3 is 24.8 Å². The summed E-state index contributed by atoms with van der Waals surface area (Å²) >= 11 is 0. The molecule has 7 nitrogen and oxygen atoms in total. The van der Waals surface area contributed by atoms with Crippen LogP contribution in [0.2, 0.25) is 0 Å². The fourth-order valence-corrected chi connectivity index (χ4v) is 3.73. The van der Waals surface area contributed by atoms with E-state index in [1.54, 1.807) is 0 Å². The van der Waals surface area contributed by atoms with Gasteiger partial charge in [0, 0.05) is 23.2 Å². The first-order valence-corrected chi connectivity index (χ1v) is 9.77. The number of aliphatic carboxylic acids is 1. The van der Waals surface area contributed by atoms with Crippen LogP contribution in [0.4, 0.5) is 5.69 Å². The highest BCUT2D eigenvalue weighted by Crippen LogP contribution is 2.37. The summed E-state index contributed by atoms with van der Waals surface area (Å²) in [6.45, 7) is 7.04. The number of ether oxygens (including phenoxy) is 2. The summed E-state index contributed by atoms with van der Waals surface area (Å²) < 4.78 is 13.0. The SMILES string of the molecule is CC(=O)[O-].C[N+]1=C(/C=N/NCc2ccc3c(c2)COCO3)C(C)(C)c2ccccc21. The summed E-state index contributed by atoms with van der Waals surface area (Å²) in [6, 6.07) is 14.7. The third-order valence-corrected chi connectivity index (χ3v) is 5.18. The van der Waals surface area contributed by atoms with Gasteiger partial charge in [0.05, 0.1) is 18.6 Å². The van der Waals surface area contributed by atoms with Crippen LogP contribution in [-0.4, -0.2) is 36.3 Å². The molecule has 0 radical (unpaired) electrons. The molecule has 30 heavy (non-hydrogen) atoms. The Balaban J connectivity index is 0.000000589. The van der Waals surface area contributed by atoms with Crippen LogP contribution < -0.4 is 15.3 Å². The lowest BCUT2D eigenvalue weighted by atomic mass is 9.82. The van der Waals surface area contributed by atoms with Gasteiger partial charge in [0.1, 0.15) is 19.0 Å². The molecule has 2 aliphatic heterocycles. The van der Waals surface area contributed by atoms with Crippen LogP contribution in [0.5, 0.6) is 5.75 Å². The number of carboxylic acid groups (broad SMARTS) is 1. The van der Waals surface area contributed by atoms with Crippen LogP contribution in [-0.2, 0) is 28.1 Å². The molecule has 0 unspecified atom stereocenters. The van der Waals surface area contributed by atoms with Crippen LogP contribution in [0.3, 0.4) is 0 Å². The molecule has 0 amide bonds. The fraction of sp³-hybridized carbons (Fsp3) is 0.348. The van der Waals surface area contributed by atoms with Crippen molar-refractivity contribution in [1.82, 2.24) is 5.43 Å². The molecular formula is C23H27N3O4. The van der Waals surface area contributed by atoms with Gasteiger partial charge in [-0.15, -0.1) is 0 Å². The van der Waals surface area contributed by atoms with Gasteiger partial charge in [-0.1, -0.05) is 24.3 Å². The highest BCUT2D eigenvalue weighted by atomic mass is 16.7. The molecular weight excluding hydrogens is 382 g/mol. The Bertz CT molecular complexity index is 992. The zero-order chi connectivity index (χ0) is 21.7. The van der Waals surface area contributed by atoms with Crippen molar-refractivity contribution in [3.63, 3.8) is 0 Å². The van der Waals surface area contributed by atoms with Crippen molar-refractivity contribution in [2.45, 2.75) is 39.3 Å². The van der Waals surface area contributed by atoms with E-state index in [4.69, 9.17) is 19.4 Å². The molecule has 0 fully saturated rings. The predicted molar refractivity (Wildman–Crippen MR) is 113 cm³/mol. The first-order chi connectivity index (χ1) is 14.3. The maximum absolute atomic E-state index is 8.89. The van der Waals surface area contributed by atoms with Crippen LogP contribution in [0.1, 0.15) is 37.5 Å². The number of carboxylic acids is 1. The predicted octanol–water partition coefficient (Wildman–Crippen LogP) is 2.09. The molecule has 0 atom stereocenters. The third kappa shape index (κ3) is 4.68. The Morgan fingerprint density at radius 1 is 1.30 bits per heavy atom. The van der Waals surface area contributed by atoms with Crippen LogP contribution in [0.15, 0.2) is 47.6 Å². The van der Waals surface area contributed by atoms with E-state index in [9.17, 15) is 0 Å². The number of fused-ring (bicyclic) bond motifs is 2. The van der Waals surface area contributed by atoms with Gasteiger partial charge in [-0.25, -0.2) is 0 Å². The van der Waals surface area contributed by atoms with Gasteiger partial charge in [0.2, 0.25) is 11.4 Å². The van der Waals surface area contributed by atoms with E-state index >= 15 is 0 Å². The number of nitrogens with one attached hydrogen (secondary N) is 1. The minimum Gasteiger partial charge on any atom is -0.550 e. The molecule has 0 bridgehead atoms. The Kier molecular flexibility index (Phi) is 6.52. The normalized spacial score (nSPS) is 16.3. The van der Waals surface area contributed by atoms with E-state index in [-0.39, 0.29) is 5.41 Å². The van der Waals surface area contributed by atoms with E-state index in [0.717, 1.165) is 23.8 Å². The summed E-state index contributed by atoms with van der Waals surface area (Å²) in [7, 11) is 2.10. The number of hydrogen-bond donors (Lipinski definition) is 1. The van der Waals surface area contributed by atoms with Gasteiger partial charge in [-0.3, -0.25) is 0 Å². The molecule has 0 saturated carbocycles. The van der Waals surface area contributed by atoms with E-state index in [0.29, 0.717) is 19.9 Å². The third-order valence-electron chi connectivity index (χ3n) is 5.18. The lowest BCUT2D eigenvalue weighted by Gasteiger charge is -2.18. The van der Waals surface area contributed by atoms with Gasteiger partial charge in [0.25, 0.3) is 0 Å². The van der Waals surface area contributed by atoms with Crippen LogP contribution in [0.25, 0.3) is 0 Å². The van der Waals surface area contributed by atoms with E-state index < -0.39 is 5.97 Å². The number of para-hydroxylation sites is 1. The number of carbonyl (C=O) groups excluding carboxylic acids is 1. The molecule has 2 aromatic carbocycles. The Morgan fingerprint density at radius 3 is 2.77 bits per heavy atom. The lowest BCUT2D eigenvalue weighted by molar-refractivity contribution is -0.400. The standard InChI is InChI=1S/C21H23N3O2.C2H4O2/c1-21(2)17-6-4-5-7-18(17)24(3)20(21)12-23-22-11-15-8-9-19-16(10-15)13-25-14-26-19;1-2(3)4/h4-10,12H,11,13-14H2,1-3H3;1H3,(H,3,4). The zero-order valence-corrected chi connectivity index (χ0v) is 17.8. The quantitative estimate of drug-likeness (QED) is 0.475. The van der Waals surface area contributed by atoms with Crippen molar-refractivity contribution in [3.8, 4) is 5.75 Å². The molecule has 2 aromatic rings. The molecule has 0 spiro atoms. The van der Waals surface area contributed by atoms with Crippen molar-refractivity contribution in [1.29, 1.82) is 0 Å². The lowest BCUT2D eigenvalue weighted by Crippen LogP contribution is -2.30. The van der Waals surface area contributed by atoms with Gasteiger partial charge in [-0.2, -0.15) is 9.68 Å². The minimum absolute atomic E-state index is 0.0585. The summed E-state index contributed by atoms with van der Waals surface area (Å²) in [5.74, 6) is -0.175. The number of hydrazone groups is 1. The van der Waals surface area contributed by atoms with Crippen molar-refractivity contribution in [2.24, 2.45) is 5.10 Å². The average molecular weight is 409 g/mol. The van der Waals surface area contributed by atoms with Gasteiger partial charge in [0.15, 0.2) is 6.79 Å². The molecule has 1 N–H and O–H groups in total. The summed E-state index contributed by atoms with van der Waals surface area (Å²) in [4.78, 5) is 8.89. The zero-order valence-electron chi connectivity index (χ0n) is 17.8. The second-order valence-corrected chi connectivity index (χ2v) is 7.72. The summed E-state index contributed by atoms with van der Waals surface area (Å²) in [5.41, 5.74) is 9.10. The number of carbonyl (C=O) groups is 1. The Hall–Kier alpha value is -3.19. The molecule has 2 heterocycles. The molecule has 0 aromatic heterocycles. The van der Waals surface area contributed by atoms with E-state index in [2.05, 4.69) is 72.4 Å². The largest absolute Gasteiger partial charge is 0.550 e. The fourth-order valence-electron chi connectivity index (χ4n) is 3.73. The van der Waals surface area contributed by atoms with Crippen LogP contribution in [0, 0.1) is 0 Å². The summed E-state index contributed by atoms with van der Waals surface area (Å²) in [6.07, 6.45) is 1.94. The Morgan fingerprint density at radius 2 is 2.03 bits per heavy atom. The molecule has 0 saturated heterocycles. The van der Waals surface area contributed by atoms with Gasteiger partial charge >= 0.3 is 0 Å². The monoisotopic (exact) mass is 409 g/mol. The van der Waals surface area contributed by atoms with E-state index in [1.165, 1.54) is 17.0 Å². The number of benzene rings is 2. The molecule has 158 valence electrons. The van der Waals surface area contributed by atoms with Crippen LogP contribution >= 0.6 is 0 Å². The average Bonchev–Trinajstić information content (AvgIpc) is 2.91. The second kappa shape index (κ2) is 9.09.